The number of hydrogen-bond donors (Lipinski definition) is 2. The first-order valence-corrected chi connectivity index (χ1v) is 12.8. The first kappa shape index (κ1) is 27.3. The highest BCUT2D eigenvalue weighted by molar-refractivity contribution is 6.53. The van der Waals surface area contributed by atoms with Crippen LogP contribution in [0.4, 0.5) is 17.1 Å². The molecule has 0 unspecified atom stereocenters. The molecule has 41 heavy (non-hydrogen) atoms. The fourth-order valence-electron chi connectivity index (χ4n) is 4.09. The van der Waals surface area contributed by atoms with E-state index in [0.717, 1.165) is 4.90 Å². The second-order valence-electron chi connectivity index (χ2n) is 8.77. The topological polar surface area (TPSA) is 106 Å². The maximum absolute atomic E-state index is 13.2. The number of imide groups is 1. The van der Waals surface area contributed by atoms with Crippen molar-refractivity contribution in [2.24, 2.45) is 0 Å². The van der Waals surface area contributed by atoms with Crippen molar-refractivity contribution in [3.63, 3.8) is 0 Å². The number of halogens is 1. The van der Waals surface area contributed by atoms with E-state index in [1.54, 1.807) is 66.7 Å². The second-order valence-corrected chi connectivity index (χ2v) is 9.14. The van der Waals surface area contributed by atoms with Gasteiger partial charge in [-0.05, 0) is 72.8 Å². The number of methoxy groups -OCH3 is 2. The van der Waals surface area contributed by atoms with E-state index in [9.17, 15) is 14.4 Å². The predicted octanol–water partition coefficient (Wildman–Crippen LogP) is 6.18. The molecule has 1 aliphatic heterocycles. The highest BCUT2D eigenvalue weighted by atomic mass is 35.5. The number of carbonyl (C=O) groups is 3. The summed E-state index contributed by atoms with van der Waals surface area (Å²) in [6.07, 6.45) is 0. The van der Waals surface area contributed by atoms with Crippen molar-refractivity contribution >= 4 is 46.4 Å². The maximum Gasteiger partial charge on any atom is 0.283 e. The van der Waals surface area contributed by atoms with Crippen molar-refractivity contribution in [3.05, 3.63) is 113 Å². The molecule has 0 saturated carbocycles. The Labute approximate surface area is 240 Å². The van der Waals surface area contributed by atoms with Gasteiger partial charge in [0.15, 0.2) is 0 Å². The van der Waals surface area contributed by atoms with Crippen molar-refractivity contribution in [2.75, 3.05) is 29.8 Å². The fourth-order valence-corrected chi connectivity index (χ4v) is 4.30. The normalized spacial score (nSPS) is 12.8. The Bertz CT molecular complexity index is 1640. The first-order chi connectivity index (χ1) is 19.9. The smallest absolute Gasteiger partial charge is 0.283 e. The van der Waals surface area contributed by atoms with Gasteiger partial charge in [-0.1, -0.05) is 29.8 Å². The van der Waals surface area contributed by atoms with Gasteiger partial charge in [0.1, 0.15) is 33.7 Å². The molecule has 0 spiro atoms. The van der Waals surface area contributed by atoms with Gasteiger partial charge in [-0.25, -0.2) is 4.90 Å². The summed E-state index contributed by atoms with van der Waals surface area (Å²) in [5.41, 5.74) is 1.54. The zero-order valence-corrected chi connectivity index (χ0v) is 22.8. The van der Waals surface area contributed by atoms with Gasteiger partial charge in [0.25, 0.3) is 17.7 Å². The van der Waals surface area contributed by atoms with Crippen LogP contribution in [0.15, 0.2) is 108 Å². The third-order valence-corrected chi connectivity index (χ3v) is 6.52. The van der Waals surface area contributed by atoms with Crippen LogP contribution in [0.1, 0.15) is 10.4 Å². The molecule has 2 N–H and O–H groups in total. The molecule has 1 heterocycles. The summed E-state index contributed by atoms with van der Waals surface area (Å²) in [6, 6.07) is 27.2. The Kier molecular flexibility index (Phi) is 7.89. The van der Waals surface area contributed by atoms with Crippen molar-refractivity contribution in [1.82, 2.24) is 0 Å². The molecule has 0 aliphatic carbocycles. The molecular weight excluding hydrogens is 546 g/mol. The Morgan fingerprint density at radius 2 is 1.41 bits per heavy atom. The van der Waals surface area contributed by atoms with E-state index in [-0.39, 0.29) is 16.6 Å². The zero-order chi connectivity index (χ0) is 28.9. The van der Waals surface area contributed by atoms with Crippen LogP contribution in [-0.2, 0) is 9.59 Å². The van der Waals surface area contributed by atoms with Crippen LogP contribution < -0.4 is 29.7 Å². The minimum absolute atomic E-state index is 0.0698. The molecule has 10 heteroatoms. The summed E-state index contributed by atoms with van der Waals surface area (Å²) in [5.74, 6) is 0.610. The highest BCUT2D eigenvalue weighted by Gasteiger charge is 2.39. The van der Waals surface area contributed by atoms with Crippen LogP contribution in [0, 0.1) is 0 Å². The van der Waals surface area contributed by atoms with Crippen molar-refractivity contribution in [1.29, 1.82) is 0 Å². The molecule has 4 aromatic rings. The molecule has 206 valence electrons. The summed E-state index contributed by atoms with van der Waals surface area (Å²) in [7, 11) is 3.03. The summed E-state index contributed by atoms with van der Waals surface area (Å²) >= 11 is 6.28. The molecule has 3 amide bonds. The Balaban J connectivity index is 1.26. The fraction of sp³-hybridized carbons (Fsp3) is 0.0645. The Morgan fingerprint density at radius 1 is 0.756 bits per heavy atom. The molecule has 1 aliphatic rings. The van der Waals surface area contributed by atoms with Crippen LogP contribution in [-0.4, -0.2) is 31.9 Å². The standard InChI is InChI=1S/C31H24ClN3O6/c1-39-24-16-17-26(40-2)25(18-24)34-29(36)19-8-10-20(11-9-19)33-28-27(32)30(37)35(31(28)38)21-12-14-23(15-13-21)41-22-6-4-3-5-7-22/h3-18,33H,1-2H3,(H,34,36). The summed E-state index contributed by atoms with van der Waals surface area (Å²) in [6.45, 7) is 0. The number of carbonyl (C=O) groups excluding carboxylic acids is 3. The van der Waals surface area contributed by atoms with Crippen molar-refractivity contribution in [3.8, 4) is 23.0 Å². The van der Waals surface area contributed by atoms with Gasteiger partial charge in [0, 0.05) is 17.3 Å². The minimum Gasteiger partial charge on any atom is -0.497 e. The van der Waals surface area contributed by atoms with E-state index in [4.69, 9.17) is 25.8 Å². The lowest BCUT2D eigenvalue weighted by molar-refractivity contribution is -0.120. The van der Waals surface area contributed by atoms with Crippen LogP contribution >= 0.6 is 11.6 Å². The van der Waals surface area contributed by atoms with Crippen LogP contribution in [0.3, 0.4) is 0 Å². The van der Waals surface area contributed by atoms with Crippen molar-refractivity contribution < 1.29 is 28.6 Å². The molecular formula is C31H24ClN3O6. The molecule has 0 fully saturated rings. The Morgan fingerprint density at radius 3 is 2.07 bits per heavy atom. The molecule has 0 atom stereocenters. The number of rotatable bonds is 9. The maximum atomic E-state index is 13.2. The average Bonchev–Trinajstić information content (AvgIpc) is 3.21. The van der Waals surface area contributed by atoms with Crippen LogP contribution in [0.5, 0.6) is 23.0 Å². The van der Waals surface area contributed by atoms with E-state index in [1.807, 2.05) is 30.3 Å². The quantitative estimate of drug-likeness (QED) is 0.232. The molecule has 0 radical (unpaired) electrons. The number of para-hydroxylation sites is 1. The first-order valence-electron chi connectivity index (χ1n) is 12.4. The van der Waals surface area contributed by atoms with Gasteiger partial charge >= 0.3 is 0 Å². The van der Waals surface area contributed by atoms with Gasteiger partial charge in [-0.15, -0.1) is 0 Å². The number of hydrogen-bond acceptors (Lipinski definition) is 7. The Hall–Kier alpha value is -5.28. The molecule has 9 nitrogen and oxygen atoms in total. The number of anilines is 3. The predicted molar refractivity (Wildman–Crippen MR) is 156 cm³/mol. The lowest BCUT2D eigenvalue weighted by atomic mass is 10.1. The highest BCUT2D eigenvalue weighted by Crippen LogP contribution is 2.33. The van der Waals surface area contributed by atoms with Crippen molar-refractivity contribution in [2.45, 2.75) is 0 Å². The largest absolute Gasteiger partial charge is 0.497 e. The number of nitrogens with one attached hydrogen (secondary N) is 2. The average molecular weight is 570 g/mol. The monoisotopic (exact) mass is 569 g/mol. The van der Waals surface area contributed by atoms with Crippen LogP contribution in [0.25, 0.3) is 0 Å². The molecule has 0 saturated heterocycles. The lowest BCUT2D eigenvalue weighted by Gasteiger charge is -2.16. The zero-order valence-electron chi connectivity index (χ0n) is 22.0. The van der Waals surface area contributed by atoms with E-state index >= 15 is 0 Å². The summed E-state index contributed by atoms with van der Waals surface area (Å²) < 4.78 is 16.3. The summed E-state index contributed by atoms with van der Waals surface area (Å²) in [5, 5.41) is 5.46. The third kappa shape index (κ3) is 5.85. The SMILES string of the molecule is COc1ccc(OC)c(NC(=O)c2ccc(NC3=C(Cl)C(=O)N(c4ccc(Oc5ccccc5)cc4)C3=O)cc2)c1. The second kappa shape index (κ2) is 11.8. The number of benzene rings is 4. The lowest BCUT2D eigenvalue weighted by Crippen LogP contribution is -2.32. The van der Waals surface area contributed by atoms with Gasteiger partial charge in [0.05, 0.1) is 25.6 Å². The third-order valence-electron chi connectivity index (χ3n) is 6.17. The van der Waals surface area contributed by atoms with E-state index in [0.29, 0.717) is 45.6 Å². The molecule has 0 bridgehead atoms. The number of nitrogens with zero attached hydrogens (tertiary/aromatic N) is 1. The summed E-state index contributed by atoms with van der Waals surface area (Å²) in [4.78, 5) is 39.9. The van der Waals surface area contributed by atoms with Gasteiger partial charge in [0.2, 0.25) is 0 Å². The van der Waals surface area contributed by atoms with E-state index in [2.05, 4.69) is 10.6 Å². The van der Waals surface area contributed by atoms with Gasteiger partial charge in [-0.2, -0.15) is 0 Å². The number of amides is 3. The molecule has 5 rings (SSSR count). The minimum atomic E-state index is -0.654. The molecule has 0 aromatic heterocycles. The van der Waals surface area contributed by atoms with E-state index in [1.165, 1.54) is 14.2 Å². The van der Waals surface area contributed by atoms with Gasteiger partial charge in [-0.3, -0.25) is 14.4 Å². The number of ether oxygens (including phenoxy) is 3. The molecule has 4 aromatic carbocycles. The van der Waals surface area contributed by atoms with Gasteiger partial charge < -0.3 is 24.8 Å². The van der Waals surface area contributed by atoms with Crippen LogP contribution in [0.2, 0.25) is 0 Å². The van der Waals surface area contributed by atoms with E-state index < -0.39 is 11.8 Å².